The third-order valence-electron chi connectivity index (χ3n) is 6.92. The lowest BCUT2D eigenvalue weighted by Gasteiger charge is -2.21. The molecule has 0 bridgehead atoms. The molecule has 3 heterocycles. The van der Waals surface area contributed by atoms with Gasteiger partial charge < -0.3 is 19.5 Å². The van der Waals surface area contributed by atoms with E-state index in [4.69, 9.17) is 25.8 Å². The molecule has 2 aliphatic rings. The Hall–Kier alpha value is -3.28. The van der Waals surface area contributed by atoms with Crippen LogP contribution in [-0.2, 0) is 20.8 Å². The summed E-state index contributed by atoms with van der Waals surface area (Å²) in [5, 5.41) is 11.4. The largest absolute Gasteiger partial charge is 0.452 e. The zero-order chi connectivity index (χ0) is 27.6. The second-order valence-electron chi connectivity index (χ2n) is 10.4. The first-order chi connectivity index (χ1) is 18.7. The van der Waals surface area contributed by atoms with Crippen molar-refractivity contribution in [2.24, 2.45) is 5.92 Å². The number of halogens is 2. The van der Waals surface area contributed by atoms with Gasteiger partial charge in [-0.25, -0.2) is 9.07 Å². The van der Waals surface area contributed by atoms with Crippen LogP contribution in [0.25, 0.3) is 0 Å². The predicted molar refractivity (Wildman–Crippen MR) is 141 cm³/mol. The van der Waals surface area contributed by atoms with Crippen molar-refractivity contribution in [1.29, 1.82) is 0 Å². The second kappa shape index (κ2) is 11.4. The summed E-state index contributed by atoms with van der Waals surface area (Å²) in [6, 6.07) is 6.35. The molecular formula is C27H31ClFN5O5. The van der Waals surface area contributed by atoms with E-state index in [-0.39, 0.29) is 22.6 Å². The molecule has 2 aromatic heterocycles. The third kappa shape index (κ3) is 6.66. The van der Waals surface area contributed by atoms with Gasteiger partial charge in [-0.1, -0.05) is 43.4 Å². The van der Waals surface area contributed by atoms with Gasteiger partial charge in [0, 0.05) is 18.3 Å². The molecule has 0 spiro atoms. The van der Waals surface area contributed by atoms with Crippen molar-refractivity contribution in [3.63, 3.8) is 0 Å². The van der Waals surface area contributed by atoms with Crippen molar-refractivity contribution >= 4 is 23.3 Å². The number of ether oxygens (including phenoxy) is 3. The lowest BCUT2D eigenvalue weighted by atomic mass is 9.98. The SMILES string of the molecule is CC1(C)OC[C@@H](Cn2ccc(NC(=O)C(CC3CCCC3)n3ncc(Oc4cccc(Cl)c4F)cc3=O)n2)O1. The molecular weight excluding hydrogens is 529 g/mol. The van der Waals surface area contributed by atoms with E-state index in [1.807, 2.05) is 13.8 Å². The molecule has 208 valence electrons. The summed E-state index contributed by atoms with van der Waals surface area (Å²) >= 11 is 5.82. The minimum atomic E-state index is -0.852. The molecule has 12 heteroatoms. The van der Waals surface area contributed by atoms with Crippen LogP contribution in [0.15, 0.2) is 47.5 Å². The molecule has 39 heavy (non-hydrogen) atoms. The fraction of sp³-hybridized carbons (Fsp3) is 0.481. The summed E-state index contributed by atoms with van der Waals surface area (Å²) in [7, 11) is 0. The fourth-order valence-electron chi connectivity index (χ4n) is 5.06. The highest BCUT2D eigenvalue weighted by atomic mass is 35.5. The Bertz CT molecular complexity index is 1390. The summed E-state index contributed by atoms with van der Waals surface area (Å²) in [4.78, 5) is 26.5. The molecule has 1 amide bonds. The average molecular weight is 560 g/mol. The van der Waals surface area contributed by atoms with Crippen molar-refractivity contribution in [2.45, 2.75) is 70.4 Å². The molecule has 1 unspecified atom stereocenters. The average Bonchev–Trinajstić information content (AvgIpc) is 3.63. The Balaban J connectivity index is 1.31. The number of hydrogen-bond acceptors (Lipinski definition) is 7. The summed E-state index contributed by atoms with van der Waals surface area (Å²) in [5.41, 5.74) is -0.542. The monoisotopic (exact) mass is 559 g/mol. The molecule has 2 atom stereocenters. The maximum absolute atomic E-state index is 14.3. The standard InChI is InChI=1S/C27H31ClFN5O5/c1-27(2)37-16-19(39-27)15-33-11-10-23(32-33)31-26(36)21(12-17-6-3-4-7-17)34-24(35)13-18(14-30-34)38-22-9-5-8-20(28)25(22)29/h5,8-11,13-14,17,19,21H,3-4,6-7,12,15-16H2,1-2H3,(H,31,32,36)/t19-,21?/m1/s1. The van der Waals surface area contributed by atoms with Gasteiger partial charge in [0.25, 0.3) is 11.5 Å². The Morgan fingerprint density at radius 2 is 2.10 bits per heavy atom. The van der Waals surface area contributed by atoms with E-state index in [1.165, 1.54) is 30.5 Å². The maximum Gasteiger partial charge on any atom is 0.271 e. The van der Waals surface area contributed by atoms with Crippen molar-refractivity contribution in [2.75, 3.05) is 11.9 Å². The van der Waals surface area contributed by atoms with Gasteiger partial charge in [0.2, 0.25) is 0 Å². The van der Waals surface area contributed by atoms with Gasteiger partial charge in [-0.05, 0) is 38.3 Å². The van der Waals surface area contributed by atoms with Gasteiger partial charge in [0.1, 0.15) is 12.1 Å². The lowest BCUT2D eigenvalue weighted by Crippen LogP contribution is -2.36. The number of benzene rings is 1. The van der Waals surface area contributed by atoms with Gasteiger partial charge in [-0.2, -0.15) is 10.2 Å². The molecule has 5 rings (SSSR count). The Kier molecular flexibility index (Phi) is 8.01. The van der Waals surface area contributed by atoms with Crippen molar-refractivity contribution in [1.82, 2.24) is 19.6 Å². The molecule has 1 aliphatic heterocycles. The van der Waals surface area contributed by atoms with Crippen LogP contribution in [0.3, 0.4) is 0 Å². The van der Waals surface area contributed by atoms with Crippen molar-refractivity contribution in [3.8, 4) is 11.5 Å². The summed E-state index contributed by atoms with van der Waals surface area (Å²) in [6.07, 6.45) is 7.51. The van der Waals surface area contributed by atoms with Crippen LogP contribution >= 0.6 is 11.6 Å². The van der Waals surface area contributed by atoms with Crippen LogP contribution in [0, 0.1) is 11.7 Å². The Morgan fingerprint density at radius 1 is 1.31 bits per heavy atom. The highest BCUT2D eigenvalue weighted by Crippen LogP contribution is 2.33. The molecule has 1 N–H and O–H groups in total. The quantitative estimate of drug-likeness (QED) is 0.395. The van der Waals surface area contributed by atoms with Crippen LogP contribution in [0.1, 0.15) is 52.0 Å². The Labute approximate surface area is 230 Å². The molecule has 1 saturated carbocycles. The minimum Gasteiger partial charge on any atom is -0.452 e. The van der Waals surface area contributed by atoms with E-state index in [2.05, 4.69) is 15.5 Å². The molecule has 0 radical (unpaired) electrons. The first kappa shape index (κ1) is 27.3. The zero-order valence-electron chi connectivity index (χ0n) is 21.8. The highest BCUT2D eigenvalue weighted by Gasteiger charge is 2.33. The van der Waals surface area contributed by atoms with Crippen LogP contribution in [0.2, 0.25) is 5.02 Å². The number of aromatic nitrogens is 4. The number of rotatable bonds is 9. The normalized spacial score (nSPS) is 19.7. The number of nitrogens with one attached hydrogen (secondary N) is 1. The van der Waals surface area contributed by atoms with E-state index in [0.717, 1.165) is 30.4 Å². The highest BCUT2D eigenvalue weighted by molar-refractivity contribution is 6.30. The van der Waals surface area contributed by atoms with Crippen LogP contribution in [-0.4, -0.2) is 44.0 Å². The molecule has 3 aromatic rings. The van der Waals surface area contributed by atoms with E-state index in [0.29, 0.717) is 31.3 Å². The van der Waals surface area contributed by atoms with Gasteiger partial charge in [0.15, 0.2) is 28.9 Å². The first-order valence-electron chi connectivity index (χ1n) is 13.0. The number of carbonyl (C=O) groups excluding carboxylic acids is 1. The summed E-state index contributed by atoms with van der Waals surface area (Å²) < 4.78 is 34.0. The fourth-order valence-corrected chi connectivity index (χ4v) is 5.23. The number of nitrogens with zero attached hydrogens (tertiary/aromatic N) is 4. The predicted octanol–water partition coefficient (Wildman–Crippen LogP) is 4.94. The summed E-state index contributed by atoms with van der Waals surface area (Å²) in [5.74, 6) is -1.20. The van der Waals surface area contributed by atoms with E-state index in [1.54, 1.807) is 16.9 Å². The second-order valence-corrected chi connectivity index (χ2v) is 10.8. The molecule has 1 aromatic carbocycles. The lowest BCUT2D eigenvalue weighted by molar-refractivity contribution is -0.139. The van der Waals surface area contributed by atoms with Gasteiger partial charge in [-0.15, -0.1) is 0 Å². The smallest absolute Gasteiger partial charge is 0.271 e. The Morgan fingerprint density at radius 3 is 2.82 bits per heavy atom. The minimum absolute atomic E-state index is 0.0393. The summed E-state index contributed by atoms with van der Waals surface area (Å²) in [6.45, 7) is 4.64. The maximum atomic E-state index is 14.3. The van der Waals surface area contributed by atoms with Gasteiger partial charge >= 0.3 is 0 Å². The van der Waals surface area contributed by atoms with E-state index >= 15 is 0 Å². The molecule has 1 aliphatic carbocycles. The third-order valence-corrected chi connectivity index (χ3v) is 7.22. The number of carbonyl (C=O) groups is 1. The number of amides is 1. The van der Waals surface area contributed by atoms with E-state index < -0.39 is 29.1 Å². The molecule has 10 nitrogen and oxygen atoms in total. The van der Waals surface area contributed by atoms with Crippen molar-refractivity contribution in [3.05, 3.63) is 63.9 Å². The van der Waals surface area contributed by atoms with Crippen molar-refractivity contribution < 1.29 is 23.4 Å². The van der Waals surface area contributed by atoms with Crippen LogP contribution in [0.5, 0.6) is 11.5 Å². The van der Waals surface area contributed by atoms with Gasteiger partial charge in [0.05, 0.1) is 24.4 Å². The number of anilines is 1. The van der Waals surface area contributed by atoms with Crippen LogP contribution in [0.4, 0.5) is 10.2 Å². The number of hydrogen-bond donors (Lipinski definition) is 1. The van der Waals surface area contributed by atoms with E-state index in [9.17, 15) is 14.0 Å². The molecule has 1 saturated heterocycles. The zero-order valence-corrected chi connectivity index (χ0v) is 22.6. The topological polar surface area (TPSA) is 110 Å². The molecule has 2 fully saturated rings. The first-order valence-corrected chi connectivity index (χ1v) is 13.4. The van der Waals surface area contributed by atoms with Gasteiger partial charge in [-0.3, -0.25) is 14.3 Å². The van der Waals surface area contributed by atoms with Crippen LogP contribution < -0.4 is 15.6 Å².